The number of esters is 1. The molecule has 0 aliphatic heterocycles. The maximum atomic E-state index is 12.4. The maximum absolute atomic E-state index is 12.4. The number of aromatic nitrogens is 2. The van der Waals surface area contributed by atoms with E-state index in [4.69, 9.17) is 14.5 Å². The third-order valence-electron chi connectivity index (χ3n) is 7.64. The average Bonchev–Trinajstić information content (AvgIpc) is 3.12. The SMILES string of the molecule is O=C(CC[n+]1ccc(-c2cc[n+](CCCOOc3ccc(-c4ccccc4)cc3)cc2)cc1)Oc1ccc(-c2ccccc2)cc1. The minimum atomic E-state index is -0.258. The molecule has 0 saturated heterocycles. The van der Waals surface area contributed by atoms with E-state index in [2.05, 4.69) is 65.5 Å². The molecule has 0 bridgehead atoms. The smallest absolute Gasteiger partial charge is 0.317 e. The lowest BCUT2D eigenvalue weighted by Gasteiger charge is -2.06. The van der Waals surface area contributed by atoms with Gasteiger partial charge < -0.3 is 9.62 Å². The summed E-state index contributed by atoms with van der Waals surface area (Å²) in [4.78, 5) is 23.3. The van der Waals surface area contributed by atoms with Crippen molar-refractivity contribution in [2.24, 2.45) is 0 Å². The van der Waals surface area contributed by atoms with Crippen LogP contribution in [0.5, 0.6) is 11.5 Å². The molecule has 0 aliphatic carbocycles. The van der Waals surface area contributed by atoms with Gasteiger partial charge in [0.25, 0.3) is 0 Å². The molecule has 46 heavy (non-hydrogen) atoms. The molecule has 6 rings (SSSR count). The molecule has 0 unspecified atom stereocenters. The van der Waals surface area contributed by atoms with E-state index in [1.807, 2.05) is 102 Å². The Morgan fingerprint density at radius 1 is 0.478 bits per heavy atom. The van der Waals surface area contributed by atoms with Crippen molar-refractivity contribution in [3.63, 3.8) is 0 Å². The fourth-order valence-electron chi connectivity index (χ4n) is 5.10. The molecule has 2 aromatic heterocycles. The van der Waals surface area contributed by atoms with Gasteiger partial charge in [-0.15, -0.1) is 0 Å². The molecule has 0 fully saturated rings. The summed E-state index contributed by atoms with van der Waals surface area (Å²) in [6.07, 6.45) is 9.23. The van der Waals surface area contributed by atoms with Gasteiger partial charge >= 0.3 is 5.97 Å². The Morgan fingerprint density at radius 2 is 0.913 bits per heavy atom. The lowest BCUT2D eigenvalue weighted by molar-refractivity contribution is -0.697. The van der Waals surface area contributed by atoms with Crippen LogP contribution in [0.15, 0.2) is 158 Å². The third-order valence-corrected chi connectivity index (χ3v) is 7.64. The molecule has 0 radical (unpaired) electrons. The minimum Gasteiger partial charge on any atom is -0.426 e. The van der Waals surface area contributed by atoms with Gasteiger partial charge in [-0.25, -0.2) is 9.13 Å². The number of carbonyl (C=O) groups is 1. The Labute approximate surface area is 269 Å². The van der Waals surface area contributed by atoms with E-state index < -0.39 is 0 Å². The van der Waals surface area contributed by atoms with Crippen molar-refractivity contribution in [2.75, 3.05) is 6.61 Å². The van der Waals surface area contributed by atoms with E-state index in [0.29, 0.717) is 24.7 Å². The van der Waals surface area contributed by atoms with Gasteiger partial charge in [0.1, 0.15) is 12.2 Å². The van der Waals surface area contributed by atoms with E-state index in [1.165, 1.54) is 5.56 Å². The quantitative estimate of drug-likeness (QED) is 0.0337. The van der Waals surface area contributed by atoms with Crippen LogP contribution in [0.3, 0.4) is 0 Å². The molecule has 2 heterocycles. The molecule has 6 nitrogen and oxygen atoms in total. The lowest BCUT2D eigenvalue weighted by Crippen LogP contribution is -2.34. The highest BCUT2D eigenvalue weighted by Crippen LogP contribution is 2.23. The van der Waals surface area contributed by atoms with Gasteiger partial charge in [0.05, 0.1) is 6.61 Å². The molecule has 4 aromatic carbocycles. The van der Waals surface area contributed by atoms with E-state index in [1.54, 1.807) is 0 Å². The second kappa shape index (κ2) is 15.4. The standard InChI is InChI=1S/C40H36N2O4/c43-40(45-38-16-12-34(13-17-38)32-8-3-1-4-9-32)24-30-42-28-22-37(23-29-42)36-20-26-41(27-21-36)25-7-31-44-46-39-18-14-35(15-19-39)33-10-5-2-6-11-33/h1-6,8-23,26-29H,7,24-25,30-31H2/q+2. The van der Waals surface area contributed by atoms with Crippen molar-refractivity contribution < 1.29 is 28.4 Å². The van der Waals surface area contributed by atoms with Gasteiger partial charge in [-0.2, -0.15) is 4.89 Å². The van der Waals surface area contributed by atoms with E-state index >= 15 is 0 Å². The Hall–Kier alpha value is -5.59. The summed E-state index contributed by atoms with van der Waals surface area (Å²) >= 11 is 0. The number of nitrogens with zero attached hydrogens (tertiary/aromatic N) is 2. The largest absolute Gasteiger partial charge is 0.426 e. The van der Waals surface area contributed by atoms with Crippen LogP contribution in [0, 0.1) is 0 Å². The summed E-state index contributed by atoms with van der Waals surface area (Å²) in [5.74, 6) is 0.981. The van der Waals surface area contributed by atoms with Crippen LogP contribution < -0.4 is 18.8 Å². The molecular formula is C40H36N2O4+2. The molecule has 0 aliphatic rings. The highest BCUT2D eigenvalue weighted by Gasteiger charge is 2.11. The summed E-state index contributed by atoms with van der Waals surface area (Å²) < 4.78 is 9.66. The Morgan fingerprint density at radius 3 is 1.43 bits per heavy atom. The second-order valence-electron chi connectivity index (χ2n) is 10.9. The number of carbonyl (C=O) groups excluding carboxylic acids is 1. The second-order valence-corrected chi connectivity index (χ2v) is 10.9. The van der Waals surface area contributed by atoms with Crippen LogP contribution in [0.2, 0.25) is 0 Å². The maximum Gasteiger partial charge on any atom is 0.317 e. The summed E-state index contributed by atoms with van der Waals surface area (Å²) in [6, 6.07) is 44.2. The van der Waals surface area contributed by atoms with Crippen LogP contribution >= 0.6 is 0 Å². The highest BCUT2D eigenvalue weighted by atomic mass is 17.2. The number of rotatable bonds is 13. The van der Waals surface area contributed by atoms with Crippen LogP contribution in [0.25, 0.3) is 33.4 Å². The summed E-state index contributed by atoms with van der Waals surface area (Å²) in [7, 11) is 0. The zero-order valence-corrected chi connectivity index (χ0v) is 25.6. The molecule has 6 heteroatoms. The fraction of sp³-hybridized carbons (Fsp3) is 0.125. The Balaban J connectivity index is 0.898. The zero-order chi connectivity index (χ0) is 31.4. The van der Waals surface area contributed by atoms with Crippen molar-refractivity contribution in [3.05, 3.63) is 158 Å². The minimum absolute atomic E-state index is 0.258. The number of ether oxygens (including phenoxy) is 1. The van der Waals surface area contributed by atoms with E-state index in [9.17, 15) is 4.79 Å². The highest BCUT2D eigenvalue weighted by molar-refractivity contribution is 5.73. The number of pyridine rings is 2. The molecule has 0 N–H and O–H groups in total. The van der Waals surface area contributed by atoms with Gasteiger partial charge in [0.15, 0.2) is 43.6 Å². The number of aryl methyl sites for hydroxylation is 2. The summed E-state index contributed by atoms with van der Waals surface area (Å²) in [5, 5.41) is 0. The first-order valence-electron chi connectivity index (χ1n) is 15.5. The topological polar surface area (TPSA) is 52.5 Å². The van der Waals surface area contributed by atoms with Crippen molar-refractivity contribution >= 4 is 5.97 Å². The molecule has 228 valence electrons. The molecule has 6 aromatic rings. The first kappa shape index (κ1) is 30.4. The van der Waals surface area contributed by atoms with Crippen LogP contribution in [0.1, 0.15) is 12.8 Å². The molecule has 0 saturated carbocycles. The van der Waals surface area contributed by atoms with Crippen LogP contribution in [-0.2, 0) is 22.8 Å². The van der Waals surface area contributed by atoms with Crippen molar-refractivity contribution in [2.45, 2.75) is 25.9 Å². The first-order chi connectivity index (χ1) is 22.7. The van der Waals surface area contributed by atoms with Gasteiger partial charge in [-0.3, -0.25) is 4.79 Å². The van der Waals surface area contributed by atoms with Gasteiger partial charge in [0, 0.05) is 30.7 Å². The van der Waals surface area contributed by atoms with E-state index in [-0.39, 0.29) is 12.4 Å². The number of hydrogen-bond donors (Lipinski definition) is 0. The molecule has 0 amide bonds. The van der Waals surface area contributed by atoms with Gasteiger partial charge in [-0.05, 0) is 57.6 Å². The Kier molecular flexibility index (Phi) is 10.2. The van der Waals surface area contributed by atoms with Crippen molar-refractivity contribution in [3.8, 4) is 44.9 Å². The average molecular weight is 609 g/mol. The molecule has 0 atom stereocenters. The third kappa shape index (κ3) is 8.52. The molecular weight excluding hydrogens is 572 g/mol. The van der Waals surface area contributed by atoms with Gasteiger partial charge in [-0.1, -0.05) is 84.9 Å². The normalized spacial score (nSPS) is 10.8. The van der Waals surface area contributed by atoms with Crippen LogP contribution in [0.4, 0.5) is 0 Å². The van der Waals surface area contributed by atoms with E-state index in [0.717, 1.165) is 40.8 Å². The summed E-state index contributed by atoms with van der Waals surface area (Å²) in [6.45, 7) is 1.85. The first-order valence-corrected chi connectivity index (χ1v) is 15.5. The number of hydrogen-bond acceptors (Lipinski definition) is 4. The predicted molar refractivity (Wildman–Crippen MR) is 177 cm³/mol. The molecule has 0 spiro atoms. The van der Waals surface area contributed by atoms with Crippen molar-refractivity contribution in [1.82, 2.24) is 0 Å². The zero-order valence-electron chi connectivity index (χ0n) is 25.6. The van der Waals surface area contributed by atoms with Crippen LogP contribution in [-0.4, -0.2) is 12.6 Å². The predicted octanol–water partition coefficient (Wildman–Crippen LogP) is 7.66. The van der Waals surface area contributed by atoms with Crippen molar-refractivity contribution in [1.29, 1.82) is 0 Å². The number of benzene rings is 4. The Bertz CT molecular complexity index is 1810. The fourth-order valence-corrected chi connectivity index (χ4v) is 5.10. The summed E-state index contributed by atoms with van der Waals surface area (Å²) in [5.41, 5.74) is 6.76. The lowest BCUT2D eigenvalue weighted by atomic mass is 10.1. The monoisotopic (exact) mass is 608 g/mol. The van der Waals surface area contributed by atoms with Gasteiger partial charge in [0.2, 0.25) is 0 Å².